The van der Waals surface area contributed by atoms with Gasteiger partial charge in [0.2, 0.25) is 0 Å². The van der Waals surface area contributed by atoms with Gasteiger partial charge in [0, 0.05) is 39.5 Å². The molecule has 10 heteroatoms. The van der Waals surface area contributed by atoms with Crippen molar-refractivity contribution >= 4 is 39.4 Å². The smallest absolute Gasteiger partial charge is 0.336 e. The zero-order valence-electron chi connectivity index (χ0n) is 24.2. The monoisotopic (exact) mass is 645 g/mol. The van der Waals surface area contributed by atoms with Gasteiger partial charge in [-0.2, -0.15) is 11.8 Å². The molecule has 0 aromatic heterocycles. The van der Waals surface area contributed by atoms with Gasteiger partial charge in [0.15, 0.2) is 28.8 Å². The normalized spacial score (nSPS) is 18.5. The molecule has 2 aliphatic rings. The number of thioether (sulfide) groups is 1. The van der Waals surface area contributed by atoms with Crippen LogP contribution in [0.1, 0.15) is 49.7 Å². The Morgan fingerprint density at radius 2 is 1.63 bits per heavy atom. The van der Waals surface area contributed by atoms with E-state index in [0.29, 0.717) is 56.5 Å². The number of dihydropyridines is 1. The summed E-state index contributed by atoms with van der Waals surface area (Å²) in [6.45, 7) is 4.20. The lowest BCUT2D eigenvalue weighted by Gasteiger charge is -2.37. The third kappa shape index (κ3) is 6.38. The van der Waals surface area contributed by atoms with Crippen LogP contribution >= 0.6 is 27.7 Å². The first-order valence-electron chi connectivity index (χ1n) is 13.4. The molecule has 0 saturated heterocycles. The molecule has 1 aliphatic carbocycles. The van der Waals surface area contributed by atoms with E-state index >= 15 is 0 Å². The van der Waals surface area contributed by atoms with Crippen molar-refractivity contribution in [2.24, 2.45) is 0 Å². The van der Waals surface area contributed by atoms with Crippen LogP contribution in [0.5, 0.6) is 23.0 Å². The molecule has 2 aromatic rings. The molecule has 1 N–H and O–H groups in total. The summed E-state index contributed by atoms with van der Waals surface area (Å²) < 4.78 is 28.4. The van der Waals surface area contributed by atoms with E-state index in [-0.39, 0.29) is 24.7 Å². The summed E-state index contributed by atoms with van der Waals surface area (Å²) in [5, 5.41) is 3.41. The van der Waals surface area contributed by atoms with Crippen molar-refractivity contribution in [1.29, 1.82) is 0 Å². The highest BCUT2D eigenvalue weighted by Crippen LogP contribution is 2.49. The number of methoxy groups -OCH3 is 4. The number of rotatable bonds is 11. The van der Waals surface area contributed by atoms with Gasteiger partial charge in [-0.1, -0.05) is 28.9 Å². The highest BCUT2D eigenvalue weighted by atomic mass is 79.9. The molecule has 2 atom stereocenters. The minimum atomic E-state index is -0.648. The Hall–Kier alpha value is -3.11. The topological polar surface area (TPSA) is 92.3 Å². The fourth-order valence-corrected chi connectivity index (χ4v) is 6.51. The predicted molar refractivity (Wildman–Crippen MR) is 163 cm³/mol. The lowest BCUT2D eigenvalue weighted by Crippen LogP contribution is -2.36. The highest BCUT2D eigenvalue weighted by molar-refractivity contribution is 9.10. The number of carbonyl (C=O) groups excluding carboxylic acids is 2. The molecule has 0 saturated carbocycles. The molecule has 0 radical (unpaired) electrons. The van der Waals surface area contributed by atoms with Crippen LogP contribution in [0, 0.1) is 0 Å². The van der Waals surface area contributed by atoms with Crippen molar-refractivity contribution in [2.75, 3.05) is 46.6 Å². The fourth-order valence-electron chi connectivity index (χ4n) is 5.47. The largest absolute Gasteiger partial charge is 0.493 e. The van der Waals surface area contributed by atoms with E-state index in [1.807, 2.05) is 31.2 Å². The second-order valence-corrected chi connectivity index (χ2v) is 11.9. The third-order valence-electron chi connectivity index (χ3n) is 7.41. The summed E-state index contributed by atoms with van der Waals surface area (Å²) in [4.78, 5) is 27.6. The lowest BCUT2D eigenvalue weighted by molar-refractivity contribution is -0.138. The zero-order valence-corrected chi connectivity index (χ0v) is 26.6. The predicted octanol–water partition coefficient (Wildman–Crippen LogP) is 6.14. The maximum atomic E-state index is 14.0. The van der Waals surface area contributed by atoms with Crippen molar-refractivity contribution in [3.8, 4) is 23.0 Å². The number of carbonyl (C=O) groups is 2. The average molecular weight is 647 g/mol. The van der Waals surface area contributed by atoms with Gasteiger partial charge in [-0.15, -0.1) is 0 Å². The lowest BCUT2D eigenvalue weighted by atomic mass is 9.71. The number of benzene rings is 2. The first kappa shape index (κ1) is 30.8. The van der Waals surface area contributed by atoms with Crippen LogP contribution in [0.2, 0.25) is 0 Å². The minimum Gasteiger partial charge on any atom is -0.493 e. The quantitative estimate of drug-likeness (QED) is 0.228. The van der Waals surface area contributed by atoms with E-state index in [9.17, 15) is 9.59 Å². The standard InChI is InChI=1S/C31H36BrNO7S/c1-7-41-11-10-40-31(35)28-17(2)33-22-12-19(18-8-9-24(36-3)25(14-18)37-4)13-23(34)30(22)29(28)20-15-26(38-5)27(39-6)16-21(20)32/h8-9,14-16,19,29,33H,7,10-13H2,1-6H3/t19-,29+/m1/s1. The van der Waals surface area contributed by atoms with Crippen molar-refractivity contribution in [3.05, 3.63) is 68.5 Å². The van der Waals surface area contributed by atoms with Crippen molar-refractivity contribution in [3.63, 3.8) is 0 Å². The number of ether oxygens (including phenoxy) is 5. The van der Waals surface area contributed by atoms with Crippen LogP contribution in [0.25, 0.3) is 0 Å². The molecular formula is C31H36BrNO7S. The number of esters is 1. The number of Topliss-reactive ketones (excluding diaryl/α,β-unsaturated/α-hetero) is 1. The van der Waals surface area contributed by atoms with Gasteiger partial charge >= 0.3 is 5.97 Å². The Morgan fingerprint density at radius 3 is 2.29 bits per heavy atom. The molecule has 0 amide bonds. The first-order valence-corrected chi connectivity index (χ1v) is 15.3. The molecule has 220 valence electrons. The van der Waals surface area contributed by atoms with Gasteiger partial charge in [0.25, 0.3) is 0 Å². The molecule has 8 nitrogen and oxygen atoms in total. The maximum Gasteiger partial charge on any atom is 0.336 e. The highest BCUT2D eigenvalue weighted by Gasteiger charge is 2.42. The second kappa shape index (κ2) is 13.7. The number of hydrogen-bond donors (Lipinski definition) is 1. The van der Waals surface area contributed by atoms with E-state index in [1.165, 1.54) is 0 Å². The van der Waals surface area contributed by atoms with Crippen LogP contribution in [-0.4, -0.2) is 58.3 Å². The molecule has 1 heterocycles. The van der Waals surface area contributed by atoms with Crippen LogP contribution in [0.3, 0.4) is 0 Å². The SMILES string of the molecule is CCSCCOC(=O)C1=C(C)NC2=C(C(=O)C[C@H](c3ccc(OC)c(OC)c3)C2)[C@H]1c1cc(OC)c(OC)cc1Br. The van der Waals surface area contributed by atoms with Crippen molar-refractivity contribution in [1.82, 2.24) is 5.32 Å². The Kier molecular flexibility index (Phi) is 10.3. The molecule has 2 aromatic carbocycles. The van der Waals surface area contributed by atoms with E-state index in [2.05, 4.69) is 28.2 Å². The van der Waals surface area contributed by atoms with Gasteiger partial charge < -0.3 is 29.0 Å². The average Bonchev–Trinajstić information content (AvgIpc) is 2.97. The summed E-state index contributed by atoms with van der Waals surface area (Å²) >= 11 is 5.38. The summed E-state index contributed by atoms with van der Waals surface area (Å²) in [6.07, 6.45) is 0.872. The van der Waals surface area contributed by atoms with E-state index < -0.39 is 11.9 Å². The van der Waals surface area contributed by atoms with Crippen LogP contribution in [-0.2, 0) is 14.3 Å². The summed E-state index contributed by atoms with van der Waals surface area (Å²) in [6, 6.07) is 9.37. The van der Waals surface area contributed by atoms with Gasteiger partial charge in [-0.3, -0.25) is 4.79 Å². The van der Waals surface area contributed by atoms with Crippen LogP contribution < -0.4 is 24.3 Å². The van der Waals surface area contributed by atoms with Gasteiger partial charge in [0.1, 0.15) is 6.61 Å². The Labute approximate surface area is 253 Å². The Balaban J connectivity index is 1.80. The van der Waals surface area contributed by atoms with Crippen LogP contribution in [0.15, 0.2) is 57.3 Å². The Bertz CT molecular complexity index is 1390. The van der Waals surface area contributed by atoms with E-state index in [4.69, 9.17) is 23.7 Å². The number of ketones is 1. The minimum absolute atomic E-state index is 0.0374. The number of halogens is 1. The molecule has 1 aliphatic heterocycles. The van der Waals surface area contributed by atoms with Crippen molar-refractivity contribution in [2.45, 2.75) is 38.5 Å². The van der Waals surface area contributed by atoms with E-state index in [0.717, 1.165) is 22.6 Å². The second-order valence-electron chi connectivity index (χ2n) is 9.69. The molecule has 0 fully saturated rings. The molecule has 0 unspecified atom stereocenters. The van der Waals surface area contributed by atoms with Crippen molar-refractivity contribution < 1.29 is 33.3 Å². The van der Waals surface area contributed by atoms with Gasteiger partial charge in [-0.25, -0.2) is 4.79 Å². The van der Waals surface area contributed by atoms with Gasteiger partial charge in [-0.05, 0) is 60.4 Å². The Morgan fingerprint density at radius 1 is 0.976 bits per heavy atom. The molecule has 0 bridgehead atoms. The first-order chi connectivity index (χ1) is 19.8. The molecular weight excluding hydrogens is 610 g/mol. The third-order valence-corrected chi connectivity index (χ3v) is 8.96. The van der Waals surface area contributed by atoms with Gasteiger partial charge in [0.05, 0.1) is 34.0 Å². The maximum absolute atomic E-state index is 14.0. The molecule has 41 heavy (non-hydrogen) atoms. The molecule has 4 rings (SSSR count). The van der Waals surface area contributed by atoms with Crippen LogP contribution in [0.4, 0.5) is 0 Å². The van der Waals surface area contributed by atoms with E-state index in [1.54, 1.807) is 46.3 Å². The fraction of sp³-hybridized carbons (Fsp3) is 0.419. The summed E-state index contributed by atoms with van der Waals surface area (Å²) in [5.74, 6) is 2.72. The summed E-state index contributed by atoms with van der Waals surface area (Å²) in [7, 11) is 6.31. The number of hydrogen-bond acceptors (Lipinski definition) is 9. The summed E-state index contributed by atoms with van der Waals surface area (Å²) in [5.41, 5.74) is 4.14. The number of nitrogens with one attached hydrogen (secondary N) is 1. The zero-order chi connectivity index (χ0) is 29.7. The number of allylic oxidation sites excluding steroid dienone is 3. The molecule has 0 spiro atoms.